The highest BCUT2D eigenvalue weighted by Crippen LogP contribution is 2.29. The van der Waals surface area contributed by atoms with Crippen molar-refractivity contribution in [2.75, 3.05) is 6.61 Å². The minimum Gasteiger partial charge on any atom is -0.479 e. The Kier molecular flexibility index (Phi) is 3.79. The first-order chi connectivity index (χ1) is 7.00. The molecule has 0 N–H and O–H groups in total. The topological polar surface area (TPSA) is 69.4 Å². The molecule has 0 aliphatic carbocycles. The maximum absolute atomic E-state index is 10.7. The van der Waals surface area contributed by atoms with E-state index in [1.807, 2.05) is 0 Å². The number of carbonyl (C=O) groups is 1. The highest BCUT2D eigenvalue weighted by molar-refractivity contribution is 9.10. The SMILES string of the molecule is CC(=O)COc1ccc(Br)cc1[N+](=O)[O-]. The Bertz CT molecular complexity index is 405. The van der Waals surface area contributed by atoms with E-state index in [0.717, 1.165) is 0 Å². The molecular weight excluding hydrogens is 266 g/mol. The monoisotopic (exact) mass is 273 g/mol. The summed E-state index contributed by atoms with van der Waals surface area (Å²) in [4.78, 5) is 20.7. The Morgan fingerprint density at radius 1 is 1.60 bits per heavy atom. The van der Waals surface area contributed by atoms with Gasteiger partial charge < -0.3 is 4.74 Å². The van der Waals surface area contributed by atoms with Gasteiger partial charge in [-0.05, 0) is 19.1 Å². The van der Waals surface area contributed by atoms with E-state index < -0.39 is 4.92 Å². The summed E-state index contributed by atoms with van der Waals surface area (Å²) >= 11 is 3.12. The maximum atomic E-state index is 10.7. The van der Waals surface area contributed by atoms with E-state index in [1.165, 1.54) is 19.1 Å². The lowest BCUT2D eigenvalue weighted by atomic mass is 10.3. The van der Waals surface area contributed by atoms with Crippen LogP contribution in [0, 0.1) is 10.1 Å². The van der Waals surface area contributed by atoms with E-state index in [1.54, 1.807) is 6.07 Å². The molecule has 0 aliphatic heterocycles. The van der Waals surface area contributed by atoms with Crippen molar-refractivity contribution in [1.82, 2.24) is 0 Å². The van der Waals surface area contributed by atoms with Gasteiger partial charge >= 0.3 is 5.69 Å². The summed E-state index contributed by atoms with van der Waals surface area (Å²) in [5.74, 6) is -0.0920. The Balaban J connectivity index is 2.95. The third-order valence-corrected chi connectivity index (χ3v) is 2.04. The van der Waals surface area contributed by atoms with E-state index in [-0.39, 0.29) is 23.8 Å². The van der Waals surface area contributed by atoms with Crippen LogP contribution in [0.3, 0.4) is 0 Å². The second kappa shape index (κ2) is 4.88. The van der Waals surface area contributed by atoms with Gasteiger partial charge in [0.1, 0.15) is 6.61 Å². The third kappa shape index (κ3) is 3.32. The van der Waals surface area contributed by atoms with Crippen LogP contribution in [0.1, 0.15) is 6.92 Å². The van der Waals surface area contributed by atoms with Crippen LogP contribution in [0.25, 0.3) is 0 Å². The lowest BCUT2D eigenvalue weighted by Crippen LogP contribution is -2.07. The molecule has 0 fully saturated rings. The van der Waals surface area contributed by atoms with Gasteiger partial charge in [-0.15, -0.1) is 0 Å². The van der Waals surface area contributed by atoms with Crippen LogP contribution >= 0.6 is 15.9 Å². The van der Waals surface area contributed by atoms with Gasteiger partial charge in [-0.3, -0.25) is 14.9 Å². The summed E-state index contributed by atoms with van der Waals surface area (Å²) in [5.41, 5.74) is -0.161. The number of nitro benzene ring substituents is 1. The summed E-state index contributed by atoms with van der Waals surface area (Å²) in [6.45, 7) is 1.19. The van der Waals surface area contributed by atoms with Crippen molar-refractivity contribution in [1.29, 1.82) is 0 Å². The summed E-state index contributed by atoms with van der Waals surface area (Å²) in [6, 6.07) is 4.39. The van der Waals surface area contributed by atoms with Gasteiger partial charge in [0.2, 0.25) is 0 Å². The molecule has 6 heteroatoms. The fourth-order valence-corrected chi connectivity index (χ4v) is 1.28. The molecule has 0 spiro atoms. The van der Waals surface area contributed by atoms with E-state index in [9.17, 15) is 14.9 Å². The number of benzene rings is 1. The number of halogens is 1. The number of nitro groups is 1. The molecule has 0 radical (unpaired) electrons. The molecule has 0 amide bonds. The van der Waals surface area contributed by atoms with Gasteiger partial charge in [0.25, 0.3) is 0 Å². The van der Waals surface area contributed by atoms with E-state index in [2.05, 4.69) is 15.9 Å². The fourth-order valence-electron chi connectivity index (χ4n) is 0.935. The quantitative estimate of drug-likeness (QED) is 0.624. The number of ketones is 1. The fraction of sp³-hybridized carbons (Fsp3) is 0.222. The molecule has 5 nitrogen and oxygen atoms in total. The molecule has 0 saturated carbocycles. The van der Waals surface area contributed by atoms with E-state index >= 15 is 0 Å². The molecule has 1 aromatic rings. The molecule has 0 aliphatic rings. The first kappa shape index (κ1) is 11.6. The largest absolute Gasteiger partial charge is 0.479 e. The third-order valence-electron chi connectivity index (χ3n) is 1.55. The van der Waals surface area contributed by atoms with Crippen molar-refractivity contribution in [3.05, 3.63) is 32.8 Å². The summed E-state index contributed by atoms with van der Waals surface area (Å²) in [5, 5.41) is 10.6. The van der Waals surface area contributed by atoms with Crippen molar-refractivity contribution in [2.45, 2.75) is 6.92 Å². The van der Waals surface area contributed by atoms with Gasteiger partial charge in [-0.2, -0.15) is 0 Å². The van der Waals surface area contributed by atoms with Gasteiger partial charge in [-0.25, -0.2) is 0 Å². The van der Waals surface area contributed by atoms with Crippen LogP contribution in [0.5, 0.6) is 5.75 Å². The normalized spacial score (nSPS) is 9.73. The molecule has 0 aromatic heterocycles. The first-order valence-electron chi connectivity index (χ1n) is 4.07. The minimum absolute atomic E-state index is 0.0957. The average Bonchev–Trinajstić information content (AvgIpc) is 2.15. The lowest BCUT2D eigenvalue weighted by molar-refractivity contribution is -0.385. The second-order valence-corrected chi connectivity index (χ2v) is 3.78. The minimum atomic E-state index is -0.555. The Labute approximate surface area is 94.3 Å². The molecule has 0 unspecified atom stereocenters. The van der Waals surface area contributed by atoms with Crippen molar-refractivity contribution < 1.29 is 14.5 Å². The second-order valence-electron chi connectivity index (χ2n) is 2.86. The number of Topliss-reactive ketones (excluding diaryl/α,β-unsaturated/α-hetero) is 1. The van der Waals surface area contributed by atoms with Crippen molar-refractivity contribution in [2.24, 2.45) is 0 Å². The molecule has 0 heterocycles. The van der Waals surface area contributed by atoms with Crippen LogP contribution in [-0.2, 0) is 4.79 Å². The number of hydrogen-bond donors (Lipinski definition) is 0. The Morgan fingerprint density at radius 2 is 2.27 bits per heavy atom. The van der Waals surface area contributed by atoms with Crippen LogP contribution in [0.4, 0.5) is 5.69 Å². The van der Waals surface area contributed by atoms with Gasteiger partial charge in [0.15, 0.2) is 11.5 Å². The van der Waals surface area contributed by atoms with Crippen LogP contribution < -0.4 is 4.74 Å². The first-order valence-corrected chi connectivity index (χ1v) is 4.86. The van der Waals surface area contributed by atoms with Gasteiger partial charge in [0.05, 0.1) is 4.92 Å². The molecule has 0 saturated heterocycles. The van der Waals surface area contributed by atoms with Crippen molar-refractivity contribution >= 4 is 27.4 Å². The zero-order chi connectivity index (χ0) is 11.4. The van der Waals surface area contributed by atoms with E-state index in [4.69, 9.17) is 4.74 Å². The standard InChI is InChI=1S/C9H8BrNO4/c1-6(12)5-15-9-3-2-7(10)4-8(9)11(13)14/h2-4H,5H2,1H3. The van der Waals surface area contributed by atoms with Gasteiger partial charge in [0, 0.05) is 10.5 Å². The van der Waals surface area contributed by atoms with Crippen LogP contribution in [0.2, 0.25) is 0 Å². The molecule has 1 aromatic carbocycles. The molecule has 15 heavy (non-hydrogen) atoms. The number of ether oxygens (including phenoxy) is 1. The number of nitrogens with zero attached hydrogens (tertiary/aromatic N) is 1. The zero-order valence-corrected chi connectivity index (χ0v) is 9.48. The van der Waals surface area contributed by atoms with Gasteiger partial charge in [-0.1, -0.05) is 15.9 Å². The molecule has 80 valence electrons. The van der Waals surface area contributed by atoms with E-state index in [0.29, 0.717) is 4.47 Å². The summed E-state index contributed by atoms with van der Waals surface area (Å²) < 4.78 is 5.59. The zero-order valence-electron chi connectivity index (χ0n) is 7.90. The molecule has 0 atom stereocenters. The summed E-state index contributed by atoms with van der Waals surface area (Å²) in [7, 11) is 0. The highest BCUT2D eigenvalue weighted by atomic mass is 79.9. The predicted molar refractivity (Wildman–Crippen MR) is 57.0 cm³/mol. The Morgan fingerprint density at radius 3 is 2.80 bits per heavy atom. The van der Waals surface area contributed by atoms with Crippen LogP contribution in [-0.4, -0.2) is 17.3 Å². The molecule has 1 rings (SSSR count). The highest BCUT2D eigenvalue weighted by Gasteiger charge is 2.15. The number of hydrogen-bond acceptors (Lipinski definition) is 4. The van der Waals surface area contributed by atoms with Crippen molar-refractivity contribution in [3.8, 4) is 5.75 Å². The van der Waals surface area contributed by atoms with Crippen LogP contribution in [0.15, 0.2) is 22.7 Å². The molecule has 0 bridgehead atoms. The summed E-state index contributed by atoms with van der Waals surface area (Å²) in [6.07, 6.45) is 0. The smallest absolute Gasteiger partial charge is 0.312 e. The number of carbonyl (C=O) groups excluding carboxylic acids is 1. The lowest BCUT2D eigenvalue weighted by Gasteiger charge is -2.04. The Hall–Kier alpha value is -1.43. The number of rotatable bonds is 4. The predicted octanol–water partition coefficient (Wildman–Crippen LogP) is 2.33. The molecular formula is C9H8BrNO4. The maximum Gasteiger partial charge on any atom is 0.312 e. The average molecular weight is 274 g/mol. The van der Waals surface area contributed by atoms with Crippen molar-refractivity contribution in [3.63, 3.8) is 0 Å².